The summed E-state index contributed by atoms with van der Waals surface area (Å²) in [5.41, 5.74) is 3.38. The molecule has 0 bridgehead atoms. The monoisotopic (exact) mass is 404 g/mol. The molecule has 0 fully saturated rings. The number of carbonyl (C=O) groups is 1. The van der Waals surface area contributed by atoms with Crippen molar-refractivity contribution in [3.05, 3.63) is 58.1 Å². The number of hydrogen-bond acceptors (Lipinski definition) is 4. The Morgan fingerprint density at radius 3 is 2.72 bits per heavy atom. The standard InChI is InChI=1S/C19H21BrN2O3/c1-2-3-4-11-25-16-8-5-14(6-9-16)13-21-22-19(24)17-12-15(20)7-10-18(17)23/h5-10,12-13,23H,2-4,11H2,1H3,(H,22,24)/b21-13-. The van der Waals surface area contributed by atoms with Gasteiger partial charge in [-0.1, -0.05) is 35.7 Å². The summed E-state index contributed by atoms with van der Waals surface area (Å²) in [4.78, 5) is 12.0. The van der Waals surface area contributed by atoms with Crippen LogP contribution in [0.5, 0.6) is 11.5 Å². The predicted molar refractivity (Wildman–Crippen MR) is 102 cm³/mol. The molecule has 132 valence electrons. The summed E-state index contributed by atoms with van der Waals surface area (Å²) in [5.74, 6) is 0.239. The first-order valence-electron chi connectivity index (χ1n) is 8.15. The Morgan fingerprint density at radius 1 is 1.24 bits per heavy atom. The lowest BCUT2D eigenvalue weighted by Gasteiger charge is -2.05. The van der Waals surface area contributed by atoms with Gasteiger partial charge in [0.15, 0.2) is 0 Å². The fraction of sp³-hybridized carbons (Fsp3) is 0.263. The molecule has 2 aromatic rings. The quantitative estimate of drug-likeness (QED) is 0.386. The highest BCUT2D eigenvalue weighted by Gasteiger charge is 2.10. The normalized spacial score (nSPS) is 10.8. The van der Waals surface area contributed by atoms with E-state index in [1.165, 1.54) is 24.8 Å². The Labute approximate surface area is 155 Å². The van der Waals surface area contributed by atoms with Crippen molar-refractivity contribution in [1.29, 1.82) is 0 Å². The number of aromatic hydroxyl groups is 1. The molecule has 25 heavy (non-hydrogen) atoms. The largest absolute Gasteiger partial charge is 0.507 e. The third kappa shape index (κ3) is 6.23. The molecule has 0 atom stereocenters. The van der Waals surface area contributed by atoms with Gasteiger partial charge in [0.2, 0.25) is 0 Å². The molecular weight excluding hydrogens is 384 g/mol. The lowest BCUT2D eigenvalue weighted by Crippen LogP contribution is -2.17. The Hall–Kier alpha value is -2.34. The van der Waals surface area contributed by atoms with Crippen molar-refractivity contribution in [2.75, 3.05) is 6.61 Å². The van der Waals surface area contributed by atoms with E-state index in [2.05, 4.69) is 33.4 Å². The first-order chi connectivity index (χ1) is 12.1. The second-order valence-corrected chi connectivity index (χ2v) is 6.40. The van der Waals surface area contributed by atoms with Gasteiger partial charge in [0, 0.05) is 4.47 Å². The van der Waals surface area contributed by atoms with Crippen molar-refractivity contribution in [1.82, 2.24) is 5.43 Å². The van der Waals surface area contributed by atoms with E-state index in [9.17, 15) is 9.90 Å². The van der Waals surface area contributed by atoms with Crippen molar-refractivity contribution in [2.24, 2.45) is 5.10 Å². The lowest BCUT2D eigenvalue weighted by atomic mass is 10.2. The Balaban J connectivity index is 1.87. The summed E-state index contributed by atoms with van der Waals surface area (Å²) >= 11 is 3.26. The number of benzene rings is 2. The fourth-order valence-electron chi connectivity index (χ4n) is 2.11. The molecular formula is C19H21BrN2O3. The van der Waals surface area contributed by atoms with Crippen LogP contribution in [0, 0.1) is 0 Å². The van der Waals surface area contributed by atoms with Crippen molar-refractivity contribution >= 4 is 28.1 Å². The number of ether oxygens (including phenoxy) is 1. The summed E-state index contributed by atoms with van der Waals surface area (Å²) in [7, 11) is 0. The van der Waals surface area contributed by atoms with Gasteiger partial charge in [0.1, 0.15) is 11.5 Å². The summed E-state index contributed by atoms with van der Waals surface area (Å²) < 4.78 is 6.34. The maximum atomic E-state index is 12.0. The first-order valence-corrected chi connectivity index (χ1v) is 8.94. The average Bonchev–Trinajstić information content (AvgIpc) is 2.62. The van der Waals surface area contributed by atoms with E-state index in [1.807, 2.05) is 24.3 Å². The second-order valence-electron chi connectivity index (χ2n) is 5.49. The maximum Gasteiger partial charge on any atom is 0.275 e. The van der Waals surface area contributed by atoms with Gasteiger partial charge in [-0.25, -0.2) is 5.43 Å². The SMILES string of the molecule is CCCCCOc1ccc(/C=N\NC(=O)c2cc(Br)ccc2O)cc1. The van der Waals surface area contributed by atoms with Gasteiger partial charge in [-0.2, -0.15) is 5.10 Å². The molecule has 2 rings (SSSR count). The van der Waals surface area contributed by atoms with Crippen LogP contribution in [0.1, 0.15) is 42.1 Å². The van der Waals surface area contributed by atoms with Gasteiger partial charge in [0.25, 0.3) is 5.91 Å². The number of phenolic OH excluding ortho intramolecular Hbond substituents is 1. The third-order valence-corrected chi connectivity index (χ3v) is 3.97. The molecule has 1 amide bonds. The van der Waals surface area contributed by atoms with Crippen LogP contribution < -0.4 is 10.2 Å². The van der Waals surface area contributed by atoms with Crippen LogP contribution in [0.15, 0.2) is 52.0 Å². The molecule has 2 N–H and O–H groups in total. The van der Waals surface area contributed by atoms with Crippen LogP contribution in [0.4, 0.5) is 0 Å². The van der Waals surface area contributed by atoms with Crippen molar-refractivity contribution in [3.8, 4) is 11.5 Å². The van der Waals surface area contributed by atoms with Gasteiger partial charge in [-0.15, -0.1) is 0 Å². The van der Waals surface area contributed by atoms with Crippen LogP contribution >= 0.6 is 15.9 Å². The van der Waals surface area contributed by atoms with Gasteiger partial charge in [-0.3, -0.25) is 4.79 Å². The fourth-order valence-corrected chi connectivity index (χ4v) is 2.47. The minimum Gasteiger partial charge on any atom is -0.507 e. The number of rotatable bonds is 8. The zero-order valence-corrected chi connectivity index (χ0v) is 15.6. The van der Waals surface area contributed by atoms with Crippen LogP contribution in [-0.4, -0.2) is 23.8 Å². The van der Waals surface area contributed by atoms with E-state index in [1.54, 1.807) is 6.07 Å². The van der Waals surface area contributed by atoms with Gasteiger partial charge < -0.3 is 9.84 Å². The van der Waals surface area contributed by atoms with Crippen LogP contribution in [0.3, 0.4) is 0 Å². The van der Waals surface area contributed by atoms with Crippen molar-refractivity contribution < 1.29 is 14.6 Å². The number of hydrogen-bond donors (Lipinski definition) is 2. The molecule has 0 saturated carbocycles. The number of amides is 1. The summed E-state index contributed by atoms with van der Waals surface area (Å²) in [5, 5.41) is 13.6. The predicted octanol–water partition coefficient (Wildman–Crippen LogP) is 4.49. The number of hydrazone groups is 1. The van der Waals surface area contributed by atoms with E-state index in [0.717, 1.165) is 24.2 Å². The molecule has 0 radical (unpaired) electrons. The molecule has 0 aromatic heterocycles. The van der Waals surface area contributed by atoms with Crippen LogP contribution in [0.25, 0.3) is 0 Å². The Bertz CT molecular complexity index is 730. The molecule has 0 saturated heterocycles. The molecule has 0 unspecified atom stereocenters. The number of nitrogens with zero attached hydrogens (tertiary/aromatic N) is 1. The van der Waals surface area contributed by atoms with Gasteiger partial charge in [0.05, 0.1) is 18.4 Å². The zero-order valence-electron chi connectivity index (χ0n) is 14.0. The zero-order chi connectivity index (χ0) is 18.1. The molecule has 0 aliphatic heterocycles. The molecule has 0 aliphatic rings. The summed E-state index contributed by atoms with van der Waals surface area (Å²) in [6.07, 6.45) is 4.92. The summed E-state index contributed by atoms with van der Waals surface area (Å²) in [6, 6.07) is 12.1. The number of unbranched alkanes of at least 4 members (excludes halogenated alkanes) is 2. The highest BCUT2D eigenvalue weighted by molar-refractivity contribution is 9.10. The van der Waals surface area contributed by atoms with Crippen molar-refractivity contribution in [3.63, 3.8) is 0 Å². The maximum absolute atomic E-state index is 12.0. The molecule has 2 aromatic carbocycles. The minimum absolute atomic E-state index is 0.0968. The first kappa shape index (κ1) is 19.0. The highest BCUT2D eigenvalue weighted by atomic mass is 79.9. The number of nitrogens with one attached hydrogen (secondary N) is 1. The number of carbonyl (C=O) groups excluding carboxylic acids is 1. The molecule has 0 heterocycles. The van der Waals surface area contributed by atoms with Crippen molar-refractivity contribution in [2.45, 2.75) is 26.2 Å². The lowest BCUT2D eigenvalue weighted by molar-refractivity contribution is 0.0952. The van der Waals surface area contributed by atoms with Gasteiger partial charge >= 0.3 is 0 Å². The minimum atomic E-state index is -0.481. The molecule has 5 nitrogen and oxygen atoms in total. The van der Waals surface area contributed by atoms with Crippen LogP contribution in [-0.2, 0) is 0 Å². The van der Waals surface area contributed by atoms with E-state index in [-0.39, 0.29) is 11.3 Å². The Kier molecular flexibility index (Phi) is 7.47. The highest BCUT2D eigenvalue weighted by Crippen LogP contribution is 2.21. The topological polar surface area (TPSA) is 70.9 Å². The third-order valence-electron chi connectivity index (χ3n) is 3.48. The molecule has 0 spiro atoms. The Morgan fingerprint density at radius 2 is 2.00 bits per heavy atom. The van der Waals surface area contributed by atoms with E-state index in [0.29, 0.717) is 11.1 Å². The van der Waals surface area contributed by atoms with Gasteiger partial charge in [-0.05, 0) is 54.4 Å². The van der Waals surface area contributed by atoms with E-state index < -0.39 is 5.91 Å². The number of halogens is 1. The van der Waals surface area contributed by atoms with E-state index in [4.69, 9.17) is 4.74 Å². The van der Waals surface area contributed by atoms with E-state index >= 15 is 0 Å². The molecule has 6 heteroatoms. The van der Waals surface area contributed by atoms with Crippen LogP contribution in [0.2, 0.25) is 0 Å². The smallest absolute Gasteiger partial charge is 0.275 e. The molecule has 0 aliphatic carbocycles. The number of phenols is 1. The summed E-state index contributed by atoms with van der Waals surface area (Å²) in [6.45, 7) is 2.87. The average molecular weight is 405 g/mol. The second kappa shape index (κ2) is 9.84.